The van der Waals surface area contributed by atoms with E-state index in [1.165, 1.54) is 0 Å². The number of hydrogen-bond acceptors (Lipinski definition) is 4. The number of carbonyl (C=O) groups excluding carboxylic acids is 1. The summed E-state index contributed by atoms with van der Waals surface area (Å²) in [5, 5.41) is 12.2. The maximum Gasteiger partial charge on any atom is 0.317 e. The van der Waals surface area contributed by atoms with Crippen molar-refractivity contribution in [3.8, 4) is 5.82 Å². The van der Waals surface area contributed by atoms with Crippen molar-refractivity contribution in [1.82, 2.24) is 24.8 Å². The minimum Gasteiger partial charge on any atom is -0.396 e. The van der Waals surface area contributed by atoms with Crippen molar-refractivity contribution in [2.45, 2.75) is 38.3 Å². The first-order valence-corrected chi connectivity index (χ1v) is 8.72. The molecule has 0 saturated heterocycles. The molecule has 0 unspecified atom stereocenters. The Kier molecular flexibility index (Phi) is 5.65. The van der Waals surface area contributed by atoms with Crippen LogP contribution in [0.3, 0.4) is 0 Å². The maximum absolute atomic E-state index is 12.4. The van der Waals surface area contributed by atoms with Crippen molar-refractivity contribution < 1.29 is 9.90 Å². The summed E-state index contributed by atoms with van der Waals surface area (Å²) in [5.74, 6) is 1.19. The second kappa shape index (κ2) is 8.11. The minimum atomic E-state index is -0.0638. The van der Waals surface area contributed by atoms with Crippen LogP contribution in [0.5, 0.6) is 0 Å². The Labute approximate surface area is 147 Å². The summed E-state index contributed by atoms with van der Waals surface area (Å²) in [6, 6.07) is 4.05. The standard InChI is InChI=1S/C18H25N5O2/c1-22(16-5-2-14(12-24)3-6-16)18(25)21-11-15-4-7-17(20-10-15)23-9-8-19-13-23/h4,7-10,13-14,16,24H,2-3,5-6,11-12H2,1H3,(H,21,25). The number of nitrogens with zero attached hydrogens (tertiary/aromatic N) is 4. The third-order valence-electron chi connectivity index (χ3n) is 4.96. The number of aliphatic hydroxyl groups excluding tert-OH is 1. The average Bonchev–Trinajstić information content (AvgIpc) is 3.21. The van der Waals surface area contributed by atoms with Gasteiger partial charge in [-0.25, -0.2) is 14.8 Å². The van der Waals surface area contributed by atoms with Crippen LogP contribution in [0.15, 0.2) is 37.1 Å². The van der Waals surface area contributed by atoms with Gasteiger partial charge in [0, 0.05) is 44.8 Å². The van der Waals surface area contributed by atoms with Crippen LogP contribution in [0.1, 0.15) is 31.2 Å². The van der Waals surface area contributed by atoms with Crippen molar-refractivity contribution in [2.75, 3.05) is 13.7 Å². The largest absolute Gasteiger partial charge is 0.396 e. The predicted octanol–water partition coefficient (Wildman–Crippen LogP) is 1.96. The highest BCUT2D eigenvalue weighted by atomic mass is 16.3. The summed E-state index contributed by atoms with van der Waals surface area (Å²) in [4.78, 5) is 22.5. The predicted molar refractivity (Wildman–Crippen MR) is 94.2 cm³/mol. The lowest BCUT2D eigenvalue weighted by Gasteiger charge is -2.34. The van der Waals surface area contributed by atoms with Crippen LogP contribution in [0, 0.1) is 5.92 Å². The number of aliphatic hydroxyl groups is 1. The van der Waals surface area contributed by atoms with Gasteiger partial charge in [-0.1, -0.05) is 6.07 Å². The zero-order valence-corrected chi connectivity index (χ0v) is 14.5. The van der Waals surface area contributed by atoms with E-state index in [1.807, 2.05) is 29.9 Å². The van der Waals surface area contributed by atoms with E-state index < -0.39 is 0 Å². The normalized spacial score (nSPS) is 20.2. The van der Waals surface area contributed by atoms with Gasteiger partial charge in [-0.3, -0.25) is 4.57 Å². The summed E-state index contributed by atoms with van der Waals surface area (Å²) in [6.07, 6.45) is 10.9. The SMILES string of the molecule is CN(C(=O)NCc1ccc(-n2ccnc2)nc1)C1CCC(CO)CC1. The number of aromatic nitrogens is 3. The first-order valence-electron chi connectivity index (χ1n) is 8.72. The van der Waals surface area contributed by atoms with Crippen LogP contribution in [0.4, 0.5) is 4.79 Å². The lowest BCUT2D eigenvalue weighted by atomic mass is 9.86. The Bertz CT molecular complexity index is 663. The van der Waals surface area contributed by atoms with Crippen molar-refractivity contribution in [1.29, 1.82) is 0 Å². The fourth-order valence-corrected chi connectivity index (χ4v) is 3.25. The molecule has 1 aliphatic rings. The summed E-state index contributed by atoms with van der Waals surface area (Å²) in [6.45, 7) is 0.705. The van der Waals surface area contributed by atoms with Crippen LogP contribution in [0.2, 0.25) is 0 Å². The molecule has 0 atom stereocenters. The van der Waals surface area contributed by atoms with E-state index in [0.717, 1.165) is 37.1 Å². The van der Waals surface area contributed by atoms with Gasteiger partial charge < -0.3 is 15.3 Å². The first-order chi connectivity index (χ1) is 12.2. The minimum absolute atomic E-state index is 0.0638. The molecule has 7 nitrogen and oxygen atoms in total. The number of imidazole rings is 1. The molecule has 2 aromatic heterocycles. The van der Waals surface area contributed by atoms with Crippen LogP contribution in [0.25, 0.3) is 5.82 Å². The summed E-state index contributed by atoms with van der Waals surface area (Å²) in [5.41, 5.74) is 0.953. The number of urea groups is 1. The average molecular weight is 343 g/mol. The topological polar surface area (TPSA) is 83.3 Å². The molecule has 2 N–H and O–H groups in total. The smallest absolute Gasteiger partial charge is 0.317 e. The van der Waals surface area contributed by atoms with Crippen molar-refractivity contribution in [3.63, 3.8) is 0 Å². The molecule has 2 aromatic rings. The van der Waals surface area contributed by atoms with Crippen LogP contribution < -0.4 is 5.32 Å². The number of pyridine rings is 1. The number of hydrogen-bond donors (Lipinski definition) is 2. The molecule has 2 amide bonds. The van der Waals surface area contributed by atoms with E-state index >= 15 is 0 Å². The number of rotatable bonds is 5. The van der Waals surface area contributed by atoms with Crippen molar-refractivity contribution in [3.05, 3.63) is 42.6 Å². The van der Waals surface area contributed by atoms with E-state index in [4.69, 9.17) is 0 Å². The summed E-state index contributed by atoms with van der Waals surface area (Å²) >= 11 is 0. The molecule has 134 valence electrons. The zero-order valence-electron chi connectivity index (χ0n) is 14.5. The molecule has 0 aliphatic heterocycles. The molecule has 0 radical (unpaired) electrons. The van der Waals surface area contributed by atoms with Crippen molar-refractivity contribution >= 4 is 6.03 Å². The Hall–Kier alpha value is -2.41. The van der Waals surface area contributed by atoms with E-state index in [2.05, 4.69) is 15.3 Å². The monoisotopic (exact) mass is 343 g/mol. The second-order valence-electron chi connectivity index (χ2n) is 6.62. The highest BCUT2D eigenvalue weighted by Crippen LogP contribution is 2.26. The van der Waals surface area contributed by atoms with Gasteiger partial charge in [0.2, 0.25) is 0 Å². The molecule has 2 heterocycles. The molecular formula is C18H25N5O2. The van der Waals surface area contributed by atoms with Gasteiger partial charge >= 0.3 is 6.03 Å². The Morgan fingerprint density at radius 2 is 2.16 bits per heavy atom. The fraction of sp³-hybridized carbons (Fsp3) is 0.500. The van der Waals surface area contributed by atoms with Gasteiger partial charge in [-0.05, 0) is 43.2 Å². The first kappa shape index (κ1) is 17.4. The van der Waals surface area contributed by atoms with Gasteiger partial charge in [0.25, 0.3) is 0 Å². The van der Waals surface area contributed by atoms with Gasteiger partial charge in [-0.2, -0.15) is 0 Å². The molecule has 0 spiro atoms. The molecule has 1 fully saturated rings. The van der Waals surface area contributed by atoms with Crippen LogP contribution in [-0.2, 0) is 6.54 Å². The molecule has 3 rings (SSSR count). The number of nitrogens with one attached hydrogen (secondary N) is 1. The molecule has 0 aromatic carbocycles. The van der Waals surface area contributed by atoms with Gasteiger partial charge in [0.15, 0.2) is 0 Å². The Balaban J connectivity index is 1.48. The van der Waals surface area contributed by atoms with Gasteiger partial charge in [-0.15, -0.1) is 0 Å². The second-order valence-corrected chi connectivity index (χ2v) is 6.62. The molecule has 7 heteroatoms. The van der Waals surface area contributed by atoms with Gasteiger partial charge in [0.05, 0.1) is 0 Å². The van der Waals surface area contributed by atoms with Crippen LogP contribution in [-0.4, -0.2) is 50.3 Å². The van der Waals surface area contributed by atoms with Crippen molar-refractivity contribution in [2.24, 2.45) is 5.92 Å². The Morgan fingerprint density at radius 3 is 2.76 bits per heavy atom. The van der Waals surface area contributed by atoms with E-state index in [-0.39, 0.29) is 18.7 Å². The number of carbonyl (C=O) groups is 1. The van der Waals surface area contributed by atoms with Crippen LogP contribution >= 0.6 is 0 Å². The highest BCUT2D eigenvalue weighted by molar-refractivity contribution is 5.74. The summed E-state index contributed by atoms with van der Waals surface area (Å²) < 4.78 is 1.83. The lowest BCUT2D eigenvalue weighted by Crippen LogP contribution is -2.45. The molecule has 0 bridgehead atoms. The van der Waals surface area contributed by atoms with E-state index in [9.17, 15) is 9.90 Å². The maximum atomic E-state index is 12.4. The fourth-order valence-electron chi connectivity index (χ4n) is 3.25. The van der Waals surface area contributed by atoms with E-state index in [0.29, 0.717) is 12.5 Å². The quantitative estimate of drug-likeness (QED) is 0.869. The highest BCUT2D eigenvalue weighted by Gasteiger charge is 2.26. The molecule has 1 saturated carbocycles. The number of amides is 2. The van der Waals surface area contributed by atoms with Gasteiger partial charge in [0.1, 0.15) is 12.1 Å². The third-order valence-corrected chi connectivity index (χ3v) is 4.96. The lowest BCUT2D eigenvalue weighted by molar-refractivity contribution is 0.134. The molecule has 1 aliphatic carbocycles. The summed E-state index contributed by atoms with van der Waals surface area (Å²) in [7, 11) is 1.85. The molecule has 25 heavy (non-hydrogen) atoms. The zero-order chi connectivity index (χ0) is 17.6. The van der Waals surface area contributed by atoms with E-state index in [1.54, 1.807) is 23.6 Å². The third kappa shape index (κ3) is 4.36. The molecular weight excluding hydrogens is 318 g/mol. The Morgan fingerprint density at radius 1 is 1.36 bits per heavy atom.